The summed E-state index contributed by atoms with van der Waals surface area (Å²) in [5.41, 5.74) is 5.12. The van der Waals surface area contributed by atoms with Crippen LogP contribution in [0.5, 0.6) is 0 Å². The van der Waals surface area contributed by atoms with E-state index in [-0.39, 0.29) is 5.41 Å². The minimum Gasteiger partial charge on any atom is -0.298 e. The molecule has 0 aromatic heterocycles. The highest BCUT2D eigenvalue weighted by atomic mass is 19.1. The van der Waals surface area contributed by atoms with E-state index in [4.69, 9.17) is 0 Å². The summed E-state index contributed by atoms with van der Waals surface area (Å²) >= 11 is 0. The molecule has 0 aliphatic carbocycles. The maximum absolute atomic E-state index is 13.1. The highest BCUT2D eigenvalue weighted by molar-refractivity contribution is 5.84. The fourth-order valence-electron chi connectivity index (χ4n) is 3.23. The van der Waals surface area contributed by atoms with Gasteiger partial charge in [-0.2, -0.15) is 0 Å². The first-order valence-electron chi connectivity index (χ1n) is 9.22. The SMILES string of the molecule is C=CN=C(C)CN1CCCC(C)(CC/C(C=C=C/C=C\C)=C\F)CC1. The first-order chi connectivity index (χ1) is 12.0. The van der Waals surface area contributed by atoms with Crippen LogP contribution in [0.1, 0.15) is 52.9 Å². The van der Waals surface area contributed by atoms with Crippen LogP contribution in [0.15, 0.2) is 59.7 Å². The smallest absolute Gasteiger partial charge is 0.0905 e. The summed E-state index contributed by atoms with van der Waals surface area (Å²) < 4.78 is 13.1. The first-order valence-corrected chi connectivity index (χ1v) is 9.22. The quantitative estimate of drug-likeness (QED) is 0.299. The Morgan fingerprint density at radius 2 is 2.16 bits per heavy atom. The molecule has 0 aromatic rings. The molecule has 138 valence electrons. The number of aliphatic imine (C=N–C) groups is 1. The van der Waals surface area contributed by atoms with E-state index in [2.05, 4.69) is 36.0 Å². The van der Waals surface area contributed by atoms with Gasteiger partial charge in [-0.05, 0) is 82.2 Å². The van der Waals surface area contributed by atoms with Crippen molar-refractivity contribution in [2.45, 2.75) is 52.9 Å². The Bertz CT molecular complexity index is 565. The van der Waals surface area contributed by atoms with E-state index in [1.165, 1.54) is 12.8 Å². The molecule has 0 N–H and O–H groups in total. The molecule has 0 spiro atoms. The molecule has 1 unspecified atom stereocenters. The van der Waals surface area contributed by atoms with Crippen LogP contribution in [0.2, 0.25) is 0 Å². The Morgan fingerprint density at radius 3 is 2.84 bits per heavy atom. The lowest BCUT2D eigenvalue weighted by Crippen LogP contribution is -2.30. The fourth-order valence-corrected chi connectivity index (χ4v) is 3.23. The Morgan fingerprint density at radius 1 is 1.36 bits per heavy atom. The Labute approximate surface area is 153 Å². The summed E-state index contributed by atoms with van der Waals surface area (Å²) in [5.74, 6) is 0. The van der Waals surface area contributed by atoms with Crippen LogP contribution in [-0.4, -0.2) is 30.2 Å². The molecule has 1 aliphatic heterocycles. The maximum atomic E-state index is 13.1. The van der Waals surface area contributed by atoms with E-state index in [9.17, 15) is 4.39 Å². The van der Waals surface area contributed by atoms with Crippen molar-refractivity contribution in [3.05, 3.63) is 54.7 Å². The maximum Gasteiger partial charge on any atom is 0.0905 e. The van der Waals surface area contributed by atoms with Crippen molar-refractivity contribution in [2.75, 3.05) is 19.6 Å². The number of hydrogen-bond acceptors (Lipinski definition) is 2. The second-order valence-electron chi connectivity index (χ2n) is 7.17. The van der Waals surface area contributed by atoms with Gasteiger partial charge in [0.2, 0.25) is 0 Å². The average Bonchev–Trinajstić information content (AvgIpc) is 2.77. The molecule has 0 radical (unpaired) electrons. The van der Waals surface area contributed by atoms with Gasteiger partial charge in [0, 0.05) is 18.5 Å². The van der Waals surface area contributed by atoms with E-state index in [0.717, 1.165) is 56.5 Å². The van der Waals surface area contributed by atoms with Gasteiger partial charge in [0.25, 0.3) is 0 Å². The molecule has 0 bridgehead atoms. The Kier molecular flexibility index (Phi) is 10.1. The number of hydrogen-bond donors (Lipinski definition) is 0. The molecular formula is C22H33FN2. The lowest BCUT2D eigenvalue weighted by Gasteiger charge is -2.28. The summed E-state index contributed by atoms with van der Waals surface area (Å²) in [6, 6.07) is 0. The summed E-state index contributed by atoms with van der Waals surface area (Å²) in [6.45, 7) is 13.1. The third-order valence-electron chi connectivity index (χ3n) is 4.86. The van der Waals surface area contributed by atoms with Crippen LogP contribution in [0, 0.1) is 5.41 Å². The molecule has 1 aliphatic rings. The molecule has 3 heteroatoms. The van der Waals surface area contributed by atoms with Gasteiger partial charge in [0.15, 0.2) is 0 Å². The van der Waals surface area contributed by atoms with Crippen molar-refractivity contribution in [2.24, 2.45) is 10.4 Å². The fraction of sp³-hybridized carbons (Fsp3) is 0.545. The predicted molar refractivity (Wildman–Crippen MR) is 108 cm³/mol. The second kappa shape index (κ2) is 11.8. The normalized spacial score (nSPS) is 23.2. The molecule has 1 rings (SSSR count). The second-order valence-corrected chi connectivity index (χ2v) is 7.17. The van der Waals surface area contributed by atoms with E-state index < -0.39 is 0 Å². The van der Waals surface area contributed by atoms with Crippen LogP contribution >= 0.6 is 0 Å². The lowest BCUT2D eigenvalue weighted by molar-refractivity contribution is 0.245. The summed E-state index contributed by atoms with van der Waals surface area (Å²) in [4.78, 5) is 6.74. The van der Waals surface area contributed by atoms with Gasteiger partial charge < -0.3 is 0 Å². The van der Waals surface area contributed by atoms with Crippen LogP contribution < -0.4 is 0 Å². The highest BCUT2D eigenvalue weighted by Gasteiger charge is 2.27. The summed E-state index contributed by atoms with van der Waals surface area (Å²) in [5, 5.41) is 0. The molecule has 0 amide bonds. The minimum absolute atomic E-state index is 0.271. The molecule has 1 fully saturated rings. The van der Waals surface area contributed by atoms with Crippen LogP contribution in [-0.2, 0) is 0 Å². The van der Waals surface area contributed by atoms with Gasteiger partial charge in [0.05, 0.1) is 6.33 Å². The zero-order valence-electron chi connectivity index (χ0n) is 16.1. The molecule has 1 saturated heterocycles. The monoisotopic (exact) mass is 344 g/mol. The summed E-state index contributed by atoms with van der Waals surface area (Å²) in [7, 11) is 0. The van der Waals surface area contributed by atoms with Crippen molar-refractivity contribution in [1.29, 1.82) is 0 Å². The van der Waals surface area contributed by atoms with Crippen molar-refractivity contribution >= 4 is 5.71 Å². The van der Waals surface area contributed by atoms with Gasteiger partial charge in [-0.1, -0.05) is 25.7 Å². The zero-order valence-corrected chi connectivity index (χ0v) is 16.1. The zero-order chi connectivity index (χ0) is 18.5. The van der Waals surface area contributed by atoms with Crippen LogP contribution in [0.25, 0.3) is 0 Å². The Hall–Kier alpha value is -1.70. The van der Waals surface area contributed by atoms with Crippen molar-refractivity contribution in [3.8, 4) is 0 Å². The standard InChI is InChI=1S/C22H33FN2/c1-5-7-8-9-11-21(18-23)12-14-22(4)13-10-16-25(17-15-22)19-20(3)24-6-2/h5-8,11,18H,2,10,12-17,19H2,1,3-4H3/b7-5-,21-18-,24-20?. The molecule has 0 aromatic carbocycles. The van der Waals surface area contributed by atoms with Crippen molar-refractivity contribution in [1.82, 2.24) is 4.90 Å². The Balaban J connectivity index is 2.56. The van der Waals surface area contributed by atoms with E-state index in [1.807, 2.05) is 25.2 Å². The minimum atomic E-state index is 0.271. The van der Waals surface area contributed by atoms with Gasteiger partial charge in [-0.25, -0.2) is 4.39 Å². The molecule has 25 heavy (non-hydrogen) atoms. The topological polar surface area (TPSA) is 15.6 Å². The molecular weight excluding hydrogens is 311 g/mol. The van der Waals surface area contributed by atoms with Gasteiger partial charge in [0.1, 0.15) is 0 Å². The van der Waals surface area contributed by atoms with Crippen LogP contribution in [0.3, 0.4) is 0 Å². The van der Waals surface area contributed by atoms with E-state index in [0.29, 0.717) is 0 Å². The molecule has 0 saturated carbocycles. The van der Waals surface area contributed by atoms with Gasteiger partial charge in [-0.3, -0.25) is 9.89 Å². The number of halogens is 1. The van der Waals surface area contributed by atoms with E-state index >= 15 is 0 Å². The molecule has 2 nitrogen and oxygen atoms in total. The van der Waals surface area contributed by atoms with Gasteiger partial charge in [-0.15, -0.1) is 5.73 Å². The van der Waals surface area contributed by atoms with Gasteiger partial charge >= 0.3 is 0 Å². The third kappa shape index (κ3) is 8.81. The molecule has 1 atom stereocenters. The number of nitrogens with zero attached hydrogens (tertiary/aromatic N) is 2. The first kappa shape index (κ1) is 21.3. The number of likely N-dealkylation sites (tertiary alicyclic amines) is 1. The molecule has 1 heterocycles. The lowest BCUT2D eigenvalue weighted by atomic mass is 9.78. The van der Waals surface area contributed by atoms with Crippen LogP contribution in [0.4, 0.5) is 4.39 Å². The number of rotatable bonds is 8. The predicted octanol–water partition coefficient (Wildman–Crippen LogP) is 6.00. The summed E-state index contributed by atoms with van der Waals surface area (Å²) in [6.07, 6.45) is 15.0. The van der Waals surface area contributed by atoms with E-state index in [1.54, 1.807) is 12.3 Å². The highest BCUT2D eigenvalue weighted by Crippen LogP contribution is 2.36. The number of allylic oxidation sites excluding steroid dienone is 4. The van der Waals surface area contributed by atoms with Crippen molar-refractivity contribution < 1.29 is 4.39 Å². The average molecular weight is 345 g/mol. The largest absolute Gasteiger partial charge is 0.298 e. The third-order valence-corrected chi connectivity index (χ3v) is 4.86. The van der Waals surface area contributed by atoms with Crippen molar-refractivity contribution in [3.63, 3.8) is 0 Å².